The van der Waals surface area contributed by atoms with Gasteiger partial charge in [0.1, 0.15) is 17.2 Å². The van der Waals surface area contributed by atoms with Crippen LogP contribution in [-0.2, 0) is 22.2 Å². The molecule has 30 heavy (non-hydrogen) atoms. The number of rotatable bonds is 7. The largest absolute Gasteiger partial charge is 0.384 e. The molecule has 0 radical (unpaired) electrons. The van der Waals surface area contributed by atoms with E-state index in [2.05, 4.69) is 4.72 Å². The number of aliphatic hydroxyl groups is 1. The number of aromatic nitrogens is 1. The summed E-state index contributed by atoms with van der Waals surface area (Å²) in [5.41, 5.74) is 4.23. The number of pyridine rings is 1. The number of nitrogens with zero attached hydrogens (tertiary/aromatic N) is 1. The molecule has 5 N–H and O–H groups in total. The molecule has 3 rings (SSSR count). The Morgan fingerprint density at radius 1 is 1.10 bits per heavy atom. The number of benzene rings is 2. The van der Waals surface area contributed by atoms with Crippen molar-refractivity contribution in [1.82, 2.24) is 4.57 Å². The van der Waals surface area contributed by atoms with Gasteiger partial charge in [0.25, 0.3) is 15.6 Å². The van der Waals surface area contributed by atoms with Crippen molar-refractivity contribution in [2.24, 2.45) is 5.73 Å². The molecule has 9 heteroatoms. The van der Waals surface area contributed by atoms with Crippen LogP contribution < -0.4 is 16.0 Å². The van der Waals surface area contributed by atoms with E-state index in [-0.39, 0.29) is 22.8 Å². The Bertz CT molecular complexity index is 1220. The lowest BCUT2D eigenvalue weighted by molar-refractivity contribution is -0.0210. The average molecular weight is 426 g/mol. The first-order chi connectivity index (χ1) is 14.1. The first kappa shape index (κ1) is 21.3. The molecule has 1 heterocycles. The minimum Gasteiger partial charge on any atom is -0.384 e. The topological polar surface area (TPSA) is 138 Å². The van der Waals surface area contributed by atoms with E-state index in [0.29, 0.717) is 11.1 Å². The summed E-state index contributed by atoms with van der Waals surface area (Å²) < 4.78 is 28.5. The summed E-state index contributed by atoms with van der Waals surface area (Å²) in [6.07, 6.45) is 1.48. The van der Waals surface area contributed by atoms with Crippen LogP contribution in [0.3, 0.4) is 0 Å². The summed E-state index contributed by atoms with van der Waals surface area (Å²) in [6, 6.07) is 17.2. The SMILES string of the molecule is CC(O)(Cc1ccc(C(=N)N)cc1)n1cccc(NS(=O)(=O)c2ccccc2)c1=O. The predicted octanol–water partition coefficient (Wildman–Crippen LogP) is 1.84. The standard InChI is InChI=1S/C21H22N4O4S/c1-21(27,14-15-9-11-16(12-10-15)19(22)23)25-13-5-8-18(20(25)26)24-30(28,29)17-6-3-2-4-7-17/h2-13,24,27H,14H2,1H3,(H3,22,23). The van der Waals surface area contributed by atoms with Crippen molar-refractivity contribution in [3.63, 3.8) is 0 Å². The lowest BCUT2D eigenvalue weighted by Gasteiger charge is -2.27. The van der Waals surface area contributed by atoms with Crippen molar-refractivity contribution >= 4 is 21.5 Å². The summed E-state index contributed by atoms with van der Waals surface area (Å²) in [4.78, 5) is 12.9. The third kappa shape index (κ3) is 4.58. The van der Waals surface area contributed by atoms with Crippen molar-refractivity contribution in [3.05, 3.63) is 94.4 Å². The Labute approximate surface area is 174 Å². The van der Waals surface area contributed by atoms with Crippen LogP contribution in [0.1, 0.15) is 18.1 Å². The minimum absolute atomic E-state index is 0.0251. The Morgan fingerprint density at radius 2 is 1.73 bits per heavy atom. The van der Waals surface area contributed by atoms with Crippen LogP contribution in [0.25, 0.3) is 0 Å². The third-order valence-electron chi connectivity index (χ3n) is 4.57. The van der Waals surface area contributed by atoms with E-state index in [0.717, 1.165) is 4.57 Å². The summed E-state index contributed by atoms with van der Waals surface area (Å²) >= 11 is 0. The summed E-state index contributed by atoms with van der Waals surface area (Å²) in [6.45, 7) is 1.46. The van der Waals surface area contributed by atoms with Crippen molar-refractivity contribution < 1.29 is 13.5 Å². The maximum absolute atomic E-state index is 12.9. The predicted molar refractivity (Wildman–Crippen MR) is 115 cm³/mol. The van der Waals surface area contributed by atoms with E-state index in [9.17, 15) is 18.3 Å². The summed E-state index contributed by atoms with van der Waals surface area (Å²) in [5, 5.41) is 18.4. The number of amidine groups is 1. The fourth-order valence-electron chi connectivity index (χ4n) is 3.03. The summed E-state index contributed by atoms with van der Waals surface area (Å²) in [5.74, 6) is -0.0667. The average Bonchev–Trinajstić information content (AvgIpc) is 2.70. The van der Waals surface area contributed by atoms with Gasteiger partial charge in [0, 0.05) is 18.2 Å². The zero-order chi connectivity index (χ0) is 21.9. The number of anilines is 1. The second-order valence-corrected chi connectivity index (χ2v) is 8.70. The molecule has 156 valence electrons. The van der Waals surface area contributed by atoms with Gasteiger partial charge < -0.3 is 10.8 Å². The molecule has 1 atom stereocenters. The van der Waals surface area contributed by atoms with E-state index in [1.165, 1.54) is 37.4 Å². The van der Waals surface area contributed by atoms with Gasteiger partial charge in [-0.25, -0.2) is 8.42 Å². The van der Waals surface area contributed by atoms with Crippen molar-refractivity contribution in [2.45, 2.75) is 24.0 Å². The number of hydrogen-bond donors (Lipinski definition) is 4. The van der Waals surface area contributed by atoms with Crippen LogP contribution in [0, 0.1) is 5.41 Å². The smallest absolute Gasteiger partial charge is 0.277 e. The number of hydrogen-bond acceptors (Lipinski definition) is 5. The zero-order valence-corrected chi connectivity index (χ0v) is 17.1. The molecule has 0 aliphatic rings. The molecule has 0 amide bonds. The number of nitrogens with one attached hydrogen (secondary N) is 2. The van der Waals surface area contributed by atoms with Gasteiger partial charge in [-0.1, -0.05) is 42.5 Å². The molecule has 1 unspecified atom stereocenters. The Kier molecular flexibility index (Phi) is 5.77. The molecule has 8 nitrogen and oxygen atoms in total. The van der Waals surface area contributed by atoms with Crippen LogP contribution >= 0.6 is 0 Å². The van der Waals surface area contributed by atoms with Crippen molar-refractivity contribution in [1.29, 1.82) is 5.41 Å². The number of sulfonamides is 1. The molecule has 2 aromatic carbocycles. The fraction of sp³-hybridized carbons (Fsp3) is 0.143. The van der Waals surface area contributed by atoms with Gasteiger partial charge in [0.2, 0.25) is 0 Å². The summed E-state index contributed by atoms with van der Waals surface area (Å²) in [7, 11) is -3.95. The molecule has 0 spiro atoms. The molecule has 3 aromatic rings. The van der Waals surface area contributed by atoms with Crippen LogP contribution in [0.2, 0.25) is 0 Å². The van der Waals surface area contributed by atoms with Gasteiger partial charge in [-0.3, -0.25) is 19.5 Å². The van der Waals surface area contributed by atoms with E-state index in [4.69, 9.17) is 11.1 Å². The normalized spacial score (nSPS) is 13.4. The van der Waals surface area contributed by atoms with E-state index in [1.54, 1.807) is 42.5 Å². The highest BCUT2D eigenvalue weighted by Crippen LogP contribution is 2.19. The molecular formula is C21H22N4O4S. The van der Waals surface area contributed by atoms with E-state index in [1.807, 2.05) is 0 Å². The van der Waals surface area contributed by atoms with Crippen LogP contribution in [0.15, 0.2) is 82.6 Å². The third-order valence-corrected chi connectivity index (χ3v) is 5.95. The molecule has 0 saturated heterocycles. The zero-order valence-electron chi connectivity index (χ0n) is 16.2. The first-order valence-corrected chi connectivity index (χ1v) is 10.5. The van der Waals surface area contributed by atoms with E-state index < -0.39 is 21.3 Å². The molecule has 1 aromatic heterocycles. The van der Waals surface area contributed by atoms with Crippen LogP contribution in [-0.4, -0.2) is 23.9 Å². The molecule has 0 aliphatic carbocycles. The molecule has 0 saturated carbocycles. The van der Waals surface area contributed by atoms with Crippen molar-refractivity contribution in [2.75, 3.05) is 4.72 Å². The lowest BCUT2D eigenvalue weighted by Crippen LogP contribution is -2.41. The Hall–Kier alpha value is -3.43. The van der Waals surface area contributed by atoms with Crippen LogP contribution in [0.5, 0.6) is 0 Å². The number of nitrogen functional groups attached to an aromatic ring is 1. The van der Waals surface area contributed by atoms with Gasteiger partial charge >= 0.3 is 0 Å². The van der Waals surface area contributed by atoms with Gasteiger partial charge in [-0.2, -0.15) is 0 Å². The number of nitrogens with two attached hydrogens (primary N) is 1. The van der Waals surface area contributed by atoms with Gasteiger partial charge in [0.15, 0.2) is 0 Å². The molecule has 0 aliphatic heterocycles. The van der Waals surface area contributed by atoms with Gasteiger partial charge in [-0.05, 0) is 36.8 Å². The van der Waals surface area contributed by atoms with Gasteiger partial charge in [-0.15, -0.1) is 0 Å². The molecular weight excluding hydrogens is 404 g/mol. The first-order valence-electron chi connectivity index (χ1n) is 9.06. The van der Waals surface area contributed by atoms with E-state index >= 15 is 0 Å². The second-order valence-electron chi connectivity index (χ2n) is 7.02. The fourth-order valence-corrected chi connectivity index (χ4v) is 4.11. The quantitative estimate of drug-likeness (QED) is 0.337. The monoisotopic (exact) mass is 426 g/mol. The Morgan fingerprint density at radius 3 is 2.33 bits per heavy atom. The highest BCUT2D eigenvalue weighted by molar-refractivity contribution is 7.92. The molecule has 0 fully saturated rings. The highest BCUT2D eigenvalue weighted by Gasteiger charge is 2.26. The maximum atomic E-state index is 12.9. The second kappa shape index (κ2) is 8.13. The maximum Gasteiger partial charge on any atom is 0.277 e. The Balaban J connectivity index is 1.89. The highest BCUT2D eigenvalue weighted by atomic mass is 32.2. The molecule has 0 bridgehead atoms. The minimum atomic E-state index is -3.95. The lowest BCUT2D eigenvalue weighted by atomic mass is 10.0. The van der Waals surface area contributed by atoms with Crippen molar-refractivity contribution in [3.8, 4) is 0 Å². The van der Waals surface area contributed by atoms with Gasteiger partial charge in [0.05, 0.1) is 4.90 Å². The van der Waals surface area contributed by atoms with Crippen LogP contribution in [0.4, 0.5) is 5.69 Å².